The number of carbonyl (C=O) groups is 1. The molecular weight excluding hydrogens is 438 g/mol. The summed E-state index contributed by atoms with van der Waals surface area (Å²) in [5.41, 5.74) is 0. The van der Waals surface area contributed by atoms with Crippen LogP contribution in [0.4, 0.5) is 4.79 Å². The predicted molar refractivity (Wildman–Crippen MR) is 125 cm³/mol. The molecule has 0 aromatic heterocycles. The van der Waals surface area contributed by atoms with Crippen molar-refractivity contribution in [3.05, 3.63) is 60.7 Å². The molecule has 0 aliphatic carbocycles. The second-order valence-corrected chi connectivity index (χ2v) is 7.54. The lowest BCUT2D eigenvalue weighted by molar-refractivity contribution is -0.119. The topological polar surface area (TPSA) is 118 Å². The first-order chi connectivity index (χ1) is 16.6. The number of ether oxygens (including phenoxy) is 2. The second kappa shape index (κ2) is 15.9. The average molecular weight is 468 g/mol. The molecule has 1 amide bonds. The van der Waals surface area contributed by atoms with Crippen LogP contribution in [0.25, 0.3) is 0 Å². The number of hydrogen-bond donors (Lipinski definition) is 1. The van der Waals surface area contributed by atoms with Crippen molar-refractivity contribution < 1.29 is 29.0 Å². The molecule has 2 unspecified atom stereocenters. The molecule has 2 aromatic rings. The van der Waals surface area contributed by atoms with Crippen LogP contribution in [0.15, 0.2) is 70.6 Å². The van der Waals surface area contributed by atoms with Crippen LogP contribution < -0.4 is 9.47 Å². The highest BCUT2D eigenvalue weighted by Crippen LogP contribution is 2.18. The highest BCUT2D eigenvalue weighted by Gasteiger charge is 2.25. The molecule has 0 aliphatic heterocycles. The largest absolute Gasteiger partial charge is 0.447 e. The van der Waals surface area contributed by atoms with E-state index in [4.69, 9.17) is 9.47 Å². The van der Waals surface area contributed by atoms with Crippen LogP contribution >= 0.6 is 0 Å². The Labute approximate surface area is 198 Å². The molecule has 9 heteroatoms. The fourth-order valence-corrected chi connectivity index (χ4v) is 3.34. The zero-order chi connectivity index (χ0) is 24.4. The molecule has 2 atom stereocenters. The zero-order valence-electron chi connectivity index (χ0n) is 18.9. The summed E-state index contributed by atoms with van der Waals surface area (Å²) < 4.78 is 10.9. The maximum atomic E-state index is 12.8. The normalized spacial score (nSPS) is 11.9. The molecule has 2 aromatic carbocycles. The van der Waals surface area contributed by atoms with Gasteiger partial charge >= 0.3 is 6.09 Å². The Balaban J connectivity index is 1.95. The Bertz CT molecular complexity index is 944. The maximum absolute atomic E-state index is 12.8. The molecule has 1 N–H and O–H groups in total. The number of amides is 1. The van der Waals surface area contributed by atoms with Crippen molar-refractivity contribution in [2.75, 3.05) is 19.6 Å². The molecule has 0 bridgehead atoms. The summed E-state index contributed by atoms with van der Waals surface area (Å²) in [6.07, 6.45) is 4.25. The fourth-order valence-electron chi connectivity index (χ4n) is 3.34. The van der Waals surface area contributed by atoms with E-state index in [9.17, 15) is 19.5 Å². The third-order valence-electron chi connectivity index (χ3n) is 5.06. The van der Waals surface area contributed by atoms with Gasteiger partial charge in [0, 0.05) is 6.54 Å². The molecule has 0 saturated carbocycles. The number of isocyanates is 2. The summed E-state index contributed by atoms with van der Waals surface area (Å²) in [4.78, 5) is 41.8. The quantitative estimate of drug-likeness (QED) is 0.182. The average Bonchev–Trinajstić information content (AvgIpc) is 2.85. The second-order valence-electron chi connectivity index (χ2n) is 7.54. The first-order valence-corrected chi connectivity index (χ1v) is 11.1. The summed E-state index contributed by atoms with van der Waals surface area (Å²) in [5.74, 6) is 0.894. The van der Waals surface area contributed by atoms with E-state index in [-0.39, 0.29) is 12.5 Å². The van der Waals surface area contributed by atoms with E-state index in [1.165, 1.54) is 6.08 Å². The van der Waals surface area contributed by atoms with Gasteiger partial charge in [0.05, 0.1) is 13.1 Å². The van der Waals surface area contributed by atoms with Gasteiger partial charge in [0.15, 0.2) is 0 Å². The van der Waals surface area contributed by atoms with Crippen molar-refractivity contribution in [1.82, 2.24) is 4.90 Å². The summed E-state index contributed by atoms with van der Waals surface area (Å²) in [7, 11) is 0. The van der Waals surface area contributed by atoms with Gasteiger partial charge in [0.2, 0.25) is 12.2 Å². The highest BCUT2D eigenvalue weighted by atomic mass is 16.6. The van der Waals surface area contributed by atoms with E-state index < -0.39 is 12.5 Å². The Morgan fingerprint density at radius 3 is 2.15 bits per heavy atom. The summed E-state index contributed by atoms with van der Waals surface area (Å²) in [6.45, 7) is 0.916. The third kappa shape index (κ3) is 10.2. The van der Waals surface area contributed by atoms with Gasteiger partial charge in [-0.3, -0.25) is 0 Å². The van der Waals surface area contributed by atoms with Crippen molar-refractivity contribution in [2.45, 2.75) is 38.5 Å². The lowest BCUT2D eigenvalue weighted by atomic mass is 9.96. The van der Waals surface area contributed by atoms with Crippen molar-refractivity contribution in [1.29, 1.82) is 0 Å². The van der Waals surface area contributed by atoms with E-state index in [2.05, 4.69) is 9.98 Å². The summed E-state index contributed by atoms with van der Waals surface area (Å²) >= 11 is 0. The predicted octanol–water partition coefficient (Wildman–Crippen LogP) is 4.08. The smallest absolute Gasteiger partial charge is 0.420 e. The van der Waals surface area contributed by atoms with Gasteiger partial charge < -0.3 is 14.6 Å². The number of aliphatic hydroxyl groups is 1. The minimum atomic E-state index is -1.53. The summed E-state index contributed by atoms with van der Waals surface area (Å²) in [6, 6.07) is 17.3. The fraction of sp³-hybridized carbons (Fsp3) is 0.400. The summed E-state index contributed by atoms with van der Waals surface area (Å²) in [5, 5.41) is 10.6. The minimum absolute atomic E-state index is 0.124. The number of rotatable bonds is 15. The number of benzene rings is 2. The van der Waals surface area contributed by atoms with Crippen LogP contribution in [0, 0.1) is 5.92 Å². The van der Waals surface area contributed by atoms with Crippen LogP contribution in [-0.4, -0.2) is 54.3 Å². The minimum Gasteiger partial charge on any atom is -0.447 e. The molecule has 34 heavy (non-hydrogen) atoms. The van der Waals surface area contributed by atoms with E-state index in [1.54, 1.807) is 60.7 Å². The highest BCUT2D eigenvalue weighted by molar-refractivity contribution is 5.70. The van der Waals surface area contributed by atoms with E-state index in [0.29, 0.717) is 43.9 Å². The molecule has 2 rings (SSSR count). The SMILES string of the molecule is O=C=NCCCC(CCCCN(C(=O)Oc1ccccc1)C(O)Oc1ccccc1)CN=C=O. The van der Waals surface area contributed by atoms with Crippen LogP contribution in [-0.2, 0) is 9.59 Å². The van der Waals surface area contributed by atoms with Gasteiger partial charge in [-0.2, -0.15) is 0 Å². The lowest BCUT2D eigenvalue weighted by Crippen LogP contribution is -2.45. The molecular formula is C25H29N3O6. The number of carbonyl (C=O) groups excluding carboxylic acids is 3. The molecule has 0 saturated heterocycles. The monoisotopic (exact) mass is 467 g/mol. The van der Waals surface area contributed by atoms with Crippen LogP contribution in [0.3, 0.4) is 0 Å². The Kier molecular flexibility index (Phi) is 12.4. The lowest BCUT2D eigenvalue weighted by Gasteiger charge is -2.27. The molecule has 0 spiro atoms. The Morgan fingerprint density at radius 2 is 1.50 bits per heavy atom. The molecule has 0 radical (unpaired) electrons. The van der Waals surface area contributed by atoms with Crippen LogP contribution in [0.1, 0.15) is 32.1 Å². The first kappa shape index (κ1) is 26.5. The van der Waals surface area contributed by atoms with Gasteiger partial charge in [0.1, 0.15) is 11.5 Å². The number of hydrogen-bond acceptors (Lipinski definition) is 8. The van der Waals surface area contributed by atoms with Gasteiger partial charge in [-0.1, -0.05) is 42.8 Å². The molecule has 0 aliphatic rings. The van der Waals surface area contributed by atoms with E-state index >= 15 is 0 Å². The molecule has 0 fully saturated rings. The number of aliphatic imine (C=N–C) groups is 2. The van der Waals surface area contributed by atoms with Gasteiger partial charge in [-0.15, -0.1) is 0 Å². The first-order valence-electron chi connectivity index (χ1n) is 11.1. The van der Waals surface area contributed by atoms with Crippen molar-refractivity contribution in [3.8, 4) is 11.5 Å². The number of aliphatic hydroxyl groups excluding tert-OH is 1. The standard InChI is InChI=1S/C25H29N3O6/c29-19-26-16-9-11-21(18-27-20-30)10-7-8-17-28(24(31)33-22-12-3-1-4-13-22)25(32)34-23-14-5-2-6-15-23/h1-6,12-15,21,24,31H,7-11,16-18H2. The zero-order valence-corrected chi connectivity index (χ0v) is 18.9. The molecule has 9 nitrogen and oxygen atoms in total. The van der Waals surface area contributed by atoms with Crippen molar-refractivity contribution >= 4 is 18.3 Å². The third-order valence-corrected chi connectivity index (χ3v) is 5.06. The number of nitrogens with zero attached hydrogens (tertiary/aromatic N) is 3. The van der Waals surface area contributed by atoms with Crippen molar-refractivity contribution in [2.24, 2.45) is 15.9 Å². The van der Waals surface area contributed by atoms with Gasteiger partial charge in [-0.25, -0.2) is 29.3 Å². The van der Waals surface area contributed by atoms with Crippen molar-refractivity contribution in [3.63, 3.8) is 0 Å². The van der Waals surface area contributed by atoms with Crippen LogP contribution in [0.2, 0.25) is 0 Å². The molecule has 180 valence electrons. The molecule has 0 heterocycles. The maximum Gasteiger partial charge on any atom is 0.420 e. The Hall–Kier alpha value is -3.77. The van der Waals surface area contributed by atoms with Crippen LogP contribution in [0.5, 0.6) is 11.5 Å². The number of unbranched alkanes of at least 4 members (excludes halogenated alkanes) is 1. The van der Waals surface area contributed by atoms with Gasteiger partial charge in [-0.05, 0) is 55.9 Å². The van der Waals surface area contributed by atoms with E-state index in [0.717, 1.165) is 17.7 Å². The van der Waals surface area contributed by atoms with E-state index in [1.807, 2.05) is 6.07 Å². The van der Waals surface area contributed by atoms with Gasteiger partial charge in [0.25, 0.3) is 6.41 Å². The Morgan fingerprint density at radius 1 is 0.882 bits per heavy atom. The number of para-hydroxylation sites is 2.